The van der Waals surface area contributed by atoms with Crippen molar-refractivity contribution in [1.82, 2.24) is 4.90 Å². The van der Waals surface area contributed by atoms with Crippen molar-refractivity contribution in [2.45, 2.75) is 50.7 Å². The predicted molar refractivity (Wildman–Crippen MR) is 113 cm³/mol. The molecule has 1 aliphatic heterocycles. The lowest BCUT2D eigenvalue weighted by Gasteiger charge is -2.19. The SMILES string of the molecule is COc1ccc([C@@H]2CC(=O)N(Cc3ccc(Br)cc3)C2)cc1OC1CCCC1. The molecule has 4 rings (SSSR count). The second-order valence-electron chi connectivity index (χ2n) is 7.74. The van der Waals surface area contributed by atoms with E-state index in [9.17, 15) is 4.79 Å². The van der Waals surface area contributed by atoms with Crippen LogP contribution in [-0.4, -0.2) is 30.6 Å². The normalized spacial score (nSPS) is 20.0. The Balaban J connectivity index is 1.47. The number of carbonyl (C=O) groups is 1. The number of nitrogens with zero attached hydrogens (tertiary/aromatic N) is 1. The molecular formula is C23H26BrNO3. The lowest BCUT2D eigenvalue weighted by Crippen LogP contribution is -2.24. The van der Waals surface area contributed by atoms with Crippen LogP contribution in [-0.2, 0) is 11.3 Å². The van der Waals surface area contributed by atoms with Gasteiger partial charge in [-0.15, -0.1) is 0 Å². The lowest BCUT2D eigenvalue weighted by molar-refractivity contribution is -0.128. The van der Waals surface area contributed by atoms with E-state index in [1.165, 1.54) is 12.8 Å². The number of hydrogen-bond donors (Lipinski definition) is 0. The second-order valence-corrected chi connectivity index (χ2v) is 8.65. The van der Waals surface area contributed by atoms with Crippen molar-refractivity contribution in [3.8, 4) is 11.5 Å². The van der Waals surface area contributed by atoms with Crippen molar-refractivity contribution in [1.29, 1.82) is 0 Å². The number of carbonyl (C=O) groups excluding carboxylic acids is 1. The summed E-state index contributed by atoms with van der Waals surface area (Å²) in [5.41, 5.74) is 2.30. The van der Waals surface area contributed by atoms with Gasteiger partial charge in [0.25, 0.3) is 0 Å². The van der Waals surface area contributed by atoms with Gasteiger partial charge < -0.3 is 14.4 Å². The molecule has 1 aliphatic carbocycles. The topological polar surface area (TPSA) is 38.8 Å². The van der Waals surface area contributed by atoms with Crippen LogP contribution in [0.25, 0.3) is 0 Å². The van der Waals surface area contributed by atoms with Gasteiger partial charge in [0, 0.05) is 29.9 Å². The number of methoxy groups -OCH3 is 1. The smallest absolute Gasteiger partial charge is 0.223 e. The lowest BCUT2D eigenvalue weighted by atomic mass is 9.98. The van der Waals surface area contributed by atoms with Gasteiger partial charge in [-0.1, -0.05) is 34.1 Å². The van der Waals surface area contributed by atoms with E-state index in [0.29, 0.717) is 13.0 Å². The fraction of sp³-hybridized carbons (Fsp3) is 0.435. The van der Waals surface area contributed by atoms with Gasteiger partial charge in [0.1, 0.15) is 0 Å². The molecule has 0 spiro atoms. The van der Waals surface area contributed by atoms with Gasteiger partial charge in [0.15, 0.2) is 11.5 Å². The average molecular weight is 444 g/mol. The molecule has 1 saturated heterocycles. The van der Waals surface area contributed by atoms with Crippen molar-refractivity contribution in [2.75, 3.05) is 13.7 Å². The fourth-order valence-corrected chi connectivity index (χ4v) is 4.45. The molecule has 148 valence electrons. The van der Waals surface area contributed by atoms with Crippen LogP contribution in [0.4, 0.5) is 0 Å². The summed E-state index contributed by atoms with van der Waals surface area (Å²) in [5, 5.41) is 0. The first-order valence-corrected chi connectivity index (χ1v) is 10.8. The maximum atomic E-state index is 12.6. The van der Waals surface area contributed by atoms with E-state index in [2.05, 4.69) is 40.2 Å². The van der Waals surface area contributed by atoms with E-state index in [1.807, 2.05) is 23.1 Å². The molecule has 1 saturated carbocycles. The molecule has 0 unspecified atom stereocenters. The molecule has 5 heteroatoms. The molecule has 4 nitrogen and oxygen atoms in total. The predicted octanol–water partition coefficient (Wildman–Crippen LogP) is 5.30. The van der Waals surface area contributed by atoms with Crippen molar-refractivity contribution in [3.05, 3.63) is 58.1 Å². The van der Waals surface area contributed by atoms with Crippen LogP contribution in [0.3, 0.4) is 0 Å². The van der Waals surface area contributed by atoms with E-state index in [-0.39, 0.29) is 17.9 Å². The highest BCUT2D eigenvalue weighted by Gasteiger charge is 2.31. The van der Waals surface area contributed by atoms with Gasteiger partial charge in [-0.25, -0.2) is 0 Å². The molecule has 0 radical (unpaired) electrons. The third kappa shape index (κ3) is 4.35. The molecule has 1 heterocycles. The van der Waals surface area contributed by atoms with E-state index >= 15 is 0 Å². The Morgan fingerprint density at radius 3 is 2.54 bits per heavy atom. The molecule has 1 atom stereocenters. The number of likely N-dealkylation sites (tertiary alicyclic amines) is 1. The van der Waals surface area contributed by atoms with Gasteiger partial charge in [-0.05, 0) is 61.1 Å². The Bertz CT molecular complexity index is 830. The number of ether oxygens (including phenoxy) is 2. The minimum atomic E-state index is 0.194. The summed E-state index contributed by atoms with van der Waals surface area (Å²) in [6.45, 7) is 1.40. The number of benzene rings is 2. The van der Waals surface area contributed by atoms with Crippen LogP contribution in [0, 0.1) is 0 Å². The van der Waals surface area contributed by atoms with E-state index < -0.39 is 0 Å². The zero-order valence-electron chi connectivity index (χ0n) is 16.2. The van der Waals surface area contributed by atoms with Gasteiger partial charge in [0.05, 0.1) is 13.2 Å². The molecule has 0 aromatic heterocycles. The highest BCUT2D eigenvalue weighted by Crippen LogP contribution is 2.37. The Kier molecular flexibility index (Phi) is 5.90. The minimum Gasteiger partial charge on any atom is -0.493 e. The molecule has 0 N–H and O–H groups in total. The van der Waals surface area contributed by atoms with Crippen LogP contribution < -0.4 is 9.47 Å². The quantitative estimate of drug-likeness (QED) is 0.608. The monoisotopic (exact) mass is 443 g/mol. The highest BCUT2D eigenvalue weighted by atomic mass is 79.9. The number of rotatable bonds is 6. The largest absolute Gasteiger partial charge is 0.493 e. The van der Waals surface area contributed by atoms with Crippen LogP contribution in [0.1, 0.15) is 49.1 Å². The Labute approximate surface area is 175 Å². The molecular weight excluding hydrogens is 418 g/mol. The molecule has 1 amide bonds. The molecule has 2 fully saturated rings. The van der Waals surface area contributed by atoms with Crippen LogP contribution in [0.2, 0.25) is 0 Å². The summed E-state index contributed by atoms with van der Waals surface area (Å²) < 4.78 is 12.8. The minimum absolute atomic E-state index is 0.194. The van der Waals surface area contributed by atoms with Gasteiger partial charge in [0.2, 0.25) is 5.91 Å². The summed E-state index contributed by atoms with van der Waals surface area (Å²) in [6.07, 6.45) is 5.50. The van der Waals surface area contributed by atoms with E-state index in [4.69, 9.17) is 9.47 Å². The van der Waals surface area contributed by atoms with Crippen molar-refractivity contribution in [2.24, 2.45) is 0 Å². The molecule has 2 aromatic carbocycles. The summed E-state index contributed by atoms with van der Waals surface area (Å²) in [4.78, 5) is 14.5. The van der Waals surface area contributed by atoms with Gasteiger partial charge >= 0.3 is 0 Å². The first kappa shape index (κ1) is 19.3. The number of hydrogen-bond acceptors (Lipinski definition) is 3. The molecule has 2 aliphatic rings. The fourth-order valence-electron chi connectivity index (χ4n) is 4.18. The molecule has 2 aromatic rings. The summed E-state index contributed by atoms with van der Waals surface area (Å²) >= 11 is 3.46. The average Bonchev–Trinajstić information content (AvgIpc) is 3.34. The molecule has 0 bridgehead atoms. The summed E-state index contributed by atoms with van der Waals surface area (Å²) in [6, 6.07) is 14.3. The maximum absolute atomic E-state index is 12.6. The summed E-state index contributed by atoms with van der Waals surface area (Å²) in [7, 11) is 1.68. The maximum Gasteiger partial charge on any atom is 0.223 e. The molecule has 28 heavy (non-hydrogen) atoms. The van der Waals surface area contributed by atoms with Crippen LogP contribution in [0.15, 0.2) is 46.9 Å². The van der Waals surface area contributed by atoms with Gasteiger partial charge in [-0.3, -0.25) is 4.79 Å². The van der Waals surface area contributed by atoms with Crippen LogP contribution >= 0.6 is 15.9 Å². The first-order chi connectivity index (χ1) is 13.6. The van der Waals surface area contributed by atoms with Crippen molar-refractivity contribution >= 4 is 21.8 Å². The van der Waals surface area contributed by atoms with Crippen molar-refractivity contribution in [3.63, 3.8) is 0 Å². The second kappa shape index (κ2) is 8.56. The highest BCUT2D eigenvalue weighted by molar-refractivity contribution is 9.10. The van der Waals surface area contributed by atoms with E-state index in [0.717, 1.165) is 46.5 Å². The van der Waals surface area contributed by atoms with Crippen LogP contribution in [0.5, 0.6) is 11.5 Å². The zero-order valence-corrected chi connectivity index (χ0v) is 17.8. The standard InChI is InChI=1S/C23H26BrNO3/c1-27-21-11-8-17(12-22(21)28-20-4-2-3-5-20)18-13-23(26)25(15-18)14-16-6-9-19(24)10-7-16/h6-12,18,20H,2-5,13-15H2,1H3/t18-/m1/s1. The van der Waals surface area contributed by atoms with E-state index in [1.54, 1.807) is 7.11 Å². The third-order valence-electron chi connectivity index (χ3n) is 5.76. The third-order valence-corrected chi connectivity index (χ3v) is 6.28. The van der Waals surface area contributed by atoms with Gasteiger partial charge in [-0.2, -0.15) is 0 Å². The Morgan fingerprint density at radius 1 is 1.07 bits per heavy atom. The van der Waals surface area contributed by atoms with Crippen molar-refractivity contribution < 1.29 is 14.3 Å². The number of amides is 1. The summed E-state index contributed by atoms with van der Waals surface area (Å²) in [5.74, 6) is 1.99. The first-order valence-electron chi connectivity index (χ1n) is 9.99. The Hall–Kier alpha value is -2.01. The number of halogens is 1. The Morgan fingerprint density at radius 2 is 1.82 bits per heavy atom. The zero-order chi connectivity index (χ0) is 19.5.